The summed E-state index contributed by atoms with van der Waals surface area (Å²) < 4.78 is 8.85. The standard InChI is InChI=1S/C45H29N3O/c1-3-11-30(12-4-1)31-19-22-34(23-20-31)47(44-28-43-39(29-46-44)45-36-16-8-7-13-32(36)21-26-42(45)49-43)35-24-25-41-38(27-35)37-17-9-10-18-40(37)48(41)33-14-5-2-6-15-33/h1-29H. The first-order valence-electron chi connectivity index (χ1n) is 16.5. The van der Waals surface area contributed by atoms with Crippen LogP contribution in [0.4, 0.5) is 17.2 Å². The molecule has 3 heterocycles. The summed E-state index contributed by atoms with van der Waals surface area (Å²) in [5, 5.41) is 6.85. The maximum absolute atomic E-state index is 6.51. The van der Waals surface area contributed by atoms with E-state index in [-0.39, 0.29) is 0 Å². The smallest absolute Gasteiger partial charge is 0.141 e. The van der Waals surface area contributed by atoms with E-state index in [9.17, 15) is 0 Å². The van der Waals surface area contributed by atoms with Crippen molar-refractivity contribution < 1.29 is 4.42 Å². The van der Waals surface area contributed by atoms with E-state index >= 15 is 0 Å². The first-order valence-corrected chi connectivity index (χ1v) is 16.5. The number of rotatable bonds is 5. The number of hydrogen-bond donors (Lipinski definition) is 0. The minimum absolute atomic E-state index is 0.787. The van der Waals surface area contributed by atoms with Crippen molar-refractivity contribution >= 4 is 71.7 Å². The summed E-state index contributed by atoms with van der Waals surface area (Å²) in [6, 6.07) is 59.8. The van der Waals surface area contributed by atoms with E-state index in [4.69, 9.17) is 9.40 Å². The maximum atomic E-state index is 6.51. The van der Waals surface area contributed by atoms with Crippen molar-refractivity contribution in [1.82, 2.24) is 9.55 Å². The summed E-state index contributed by atoms with van der Waals surface area (Å²) in [5.41, 5.74) is 9.52. The van der Waals surface area contributed by atoms with Gasteiger partial charge in [0.05, 0.1) is 11.0 Å². The van der Waals surface area contributed by atoms with E-state index in [1.807, 2.05) is 12.3 Å². The summed E-state index contributed by atoms with van der Waals surface area (Å²) in [5.74, 6) is 0.787. The van der Waals surface area contributed by atoms with Gasteiger partial charge in [-0.15, -0.1) is 0 Å². The number of para-hydroxylation sites is 2. The fourth-order valence-corrected chi connectivity index (χ4v) is 7.36. The Kier molecular flexibility index (Phi) is 6.15. The van der Waals surface area contributed by atoms with Crippen molar-refractivity contribution in [2.75, 3.05) is 4.90 Å². The number of furan rings is 1. The van der Waals surface area contributed by atoms with E-state index in [1.54, 1.807) is 0 Å². The van der Waals surface area contributed by atoms with E-state index in [1.165, 1.54) is 38.2 Å². The third kappa shape index (κ3) is 4.42. The van der Waals surface area contributed by atoms with Gasteiger partial charge in [-0.25, -0.2) is 4.98 Å². The molecular weight excluding hydrogens is 599 g/mol. The van der Waals surface area contributed by atoms with Crippen molar-refractivity contribution in [2.45, 2.75) is 0 Å². The molecule has 3 aromatic heterocycles. The molecule has 4 heteroatoms. The number of benzene rings is 7. The second kappa shape index (κ2) is 11.0. The molecule has 0 radical (unpaired) electrons. The van der Waals surface area contributed by atoms with Crippen LogP contribution >= 0.6 is 0 Å². The van der Waals surface area contributed by atoms with Crippen molar-refractivity contribution in [3.8, 4) is 16.8 Å². The van der Waals surface area contributed by atoms with Gasteiger partial charge in [-0.3, -0.25) is 4.90 Å². The van der Waals surface area contributed by atoms with Crippen molar-refractivity contribution in [1.29, 1.82) is 0 Å². The molecule has 49 heavy (non-hydrogen) atoms. The lowest BCUT2D eigenvalue weighted by molar-refractivity contribution is 0.669. The number of hydrogen-bond acceptors (Lipinski definition) is 3. The third-order valence-corrected chi connectivity index (χ3v) is 9.62. The zero-order chi connectivity index (χ0) is 32.3. The van der Waals surface area contributed by atoms with Crippen LogP contribution in [0, 0.1) is 0 Å². The molecule has 230 valence electrons. The molecule has 0 aliphatic rings. The molecule has 10 rings (SSSR count). The van der Waals surface area contributed by atoms with E-state index in [0.29, 0.717) is 0 Å². The van der Waals surface area contributed by atoms with Crippen molar-refractivity contribution in [3.05, 3.63) is 176 Å². The van der Waals surface area contributed by atoms with Crippen LogP contribution in [-0.4, -0.2) is 9.55 Å². The Balaban J connectivity index is 1.19. The Bertz CT molecular complexity index is 2820. The number of nitrogens with zero attached hydrogens (tertiary/aromatic N) is 3. The lowest BCUT2D eigenvalue weighted by Gasteiger charge is -2.24. The number of aromatic nitrogens is 2. The Morgan fingerprint density at radius 2 is 1.14 bits per heavy atom. The largest absolute Gasteiger partial charge is 0.456 e. The molecule has 0 saturated carbocycles. The number of pyridine rings is 1. The molecule has 0 amide bonds. The monoisotopic (exact) mass is 627 g/mol. The van der Waals surface area contributed by atoms with Crippen LogP contribution in [0.2, 0.25) is 0 Å². The zero-order valence-electron chi connectivity index (χ0n) is 26.5. The van der Waals surface area contributed by atoms with Crippen LogP contribution in [0.5, 0.6) is 0 Å². The molecule has 0 fully saturated rings. The highest BCUT2D eigenvalue weighted by Gasteiger charge is 2.20. The average Bonchev–Trinajstić information content (AvgIpc) is 3.71. The Labute approximate surface area is 282 Å². The SMILES string of the molecule is c1ccc(-c2ccc(N(c3ccc4c(c3)c3ccccc3n4-c3ccccc3)c3cc4oc5ccc6ccccc6c5c4cn3)cc2)cc1. The van der Waals surface area contributed by atoms with Gasteiger partial charge >= 0.3 is 0 Å². The first kappa shape index (κ1) is 27.5. The minimum atomic E-state index is 0.787. The maximum Gasteiger partial charge on any atom is 0.141 e. The molecule has 7 aromatic carbocycles. The first-order chi connectivity index (χ1) is 24.3. The molecule has 10 aromatic rings. The highest BCUT2D eigenvalue weighted by atomic mass is 16.3. The second-order valence-electron chi connectivity index (χ2n) is 12.4. The fraction of sp³-hybridized carbons (Fsp3) is 0. The second-order valence-corrected chi connectivity index (χ2v) is 12.4. The third-order valence-electron chi connectivity index (χ3n) is 9.62. The Morgan fingerprint density at radius 3 is 1.98 bits per heavy atom. The Hall–Kier alpha value is -6.65. The van der Waals surface area contributed by atoms with Gasteiger partial charge in [0.2, 0.25) is 0 Å². The molecular formula is C45H29N3O. The summed E-state index contributed by atoms with van der Waals surface area (Å²) >= 11 is 0. The predicted octanol–water partition coefficient (Wildman–Crippen LogP) is 12.4. The normalized spacial score (nSPS) is 11.7. The molecule has 0 atom stereocenters. The summed E-state index contributed by atoms with van der Waals surface area (Å²) in [6.45, 7) is 0. The van der Waals surface area contributed by atoms with Gasteiger partial charge < -0.3 is 8.98 Å². The van der Waals surface area contributed by atoms with E-state index < -0.39 is 0 Å². The van der Waals surface area contributed by atoms with Crippen LogP contribution in [0.3, 0.4) is 0 Å². The van der Waals surface area contributed by atoms with Crippen LogP contribution < -0.4 is 4.90 Å². The lowest BCUT2D eigenvalue weighted by atomic mass is 10.0. The molecule has 0 bridgehead atoms. The van der Waals surface area contributed by atoms with E-state index in [0.717, 1.165) is 50.3 Å². The fourth-order valence-electron chi connectivity index (χ4n) is 7.36. The van der Waals surface area contributed by atoms with Gasteiger partial charge in [0.15, 0.2) is 0 Å². The summed E-state index contributed by atoms with van der Waals surface area (Å²) in [7, 11) is 0. The molecule has 0 aliphatic carbocycles. The van der Waals surface area contributed by atoms with Gasteiger partial charge in [0.25, 0.3) is 0 Å². The van der Waals surface area contributed by atoms with Gasteiger partial charge in [0.1, 0.15) is 17.0 Å². The number of anilines is 3. The van der Waals surface area contributed by atoms with Gasteiger partial charge in [-0.1, -0.05) is 109 Å². The zero-order valence-corrected chi connectivity index (χ0v) is 26.5. The lowest BCUT2D eigenvalue weighted by Crippen LogP contribution is -2.11. The minimum Gasteiger partial charge on any atom is -0.456 e. The van der Waals surface area contributed by atoms with Crippen molar-refractivity contribution in [3.63, 3.8) is 0 Å². The predicted molar refractivity (Wildman–Crippen MR) is 203 cm³/mol. The molecule has 0 N–H and O–H groups in total. The summed E-state index contributed by atoms with van der Waals surface area (Å²) in [4.78, 5) is 7.36. The van der Waals surface area contributed by atoms with Gasteiger partial charge in [-0.05, 0) is 76.5 Å². The highest BCUT2D eigenvalue weighted by molar-refractivity contribution is 6.19. The average molecular weight is 628 g/mol. The van der Waals surface area contributed by atoms with E-state index in [2.05, 4.69) is 173 Å². The van der Waals surface area contributed by atoms with Crippen LogP contribution in [-0.2, 0) is 0 Å². The topological polar surface area (TPSA) is 34.2 Å². The molecule has 0 aliphatic heterocycles. The number of fused-ring (bicyclic) bond motifs is 8. The quantitative estimate of drug-likeness (QED) is 0.190. The molecule has 0 spiro atoms. The molecule has 0 unspecified atom stereocenters. The van der Waals surface area contributed by atoms with Crippen LogP contribution in [0.25, 0.3) is 71.3 Å². The Morgan fingerprint density at radius 1 is 0.469 bits per heavy atom. The van der Waals surface area contributed by atoms with Crippen molar-refractivity contribution in [2.24, 2.45) is 0 Å². The van der Waals surface area contributed by atoms with Gasteiger partial charge in [0, 0.05) is 50.9 Å². The summed E-state index contributed by atoms with van der Waals surface area (Å²) in [6.07, 6.45) is 1.97. The van der Waals surface area contributed by atoms with Gasteiger partial charge in [-0.2, -0.15) is 0 Å². The highest BCUT2D eigenvalue weighted by Crippen LogP contribution is 2.42. The van der Waals surface area contributed by atoms with Crippen LogP contribution in [0.1, 0.15) is 0 Å². The molecule has 4 nitrogen and oxygen atoms in total. The molecule has 0 saturated heterocycles. The van der Waals surface area contributed by atoms with Crippen LogP contribution in [0.15, 0.2) is 180 Å².